The second-order valence-electron chi connectivity index (χ2n) is 4.96. The lowest BCUT2D eigenvalue weighted by Crippen LogP contribution is -2.38. The number of nitrogens with one attached hydrogen (secondary N) is 1. The average Bonchev–Trinajstić information content (AvgIpc) is 2.63. The van der Waals surface area contributed by atoms with E-state index in [9.17, 15) is 8.42 Å². The van der Waals surface area contributed by atoms with E-state index in [2.05, 4.69) is 26.3 Å². The van der Waals surface area contributed by atoms with Gasteiger partial charge in [-0.05, 0) is 41.8 Å². The molecular formula is C12H19BrN4O2S. The van der Waals surface area contributed by atoms with Crippen molar-refractivity contribution in [3.05, 3.63) is 16.7 Å². The number of pyridine rings is 1. The molecule has 0 aliphatic carbocycles. The second-order valence-corrected chi connectivity index (χ2v) is 7.73. The molecule has 0 spiro atoms. The predicted octanol–water partition coefficient (Wildman–Crippen LogP) is 2.08. The Morgan fingerprint density at radius 1 is 1.45 bits per heavy atom. The quantitative estimate of drug-likeness (QED) is 0.634. The zero-order valence-corrected chi connectivity index (χ0v) is 13.7. The van der Waals surface area contributed by atoms with Crippen LogP contribution < -0.4 is 11.3 Å². The molecule has 20 heavy (non-hydrogen) atoms. The summed E-state index contributed by atoms with van der Waals surface area (Å²) >= 11 is 3.26. The molecule has 1 fully saturated rings. The van der Waals surface area contributed by atoms with Gasteiger partial charge in [-0.2, -0.15) is 4.31 Å². The van der Waals surface area contributed by atoms with Gasteiger partial charge in [0.1, 0.15) is 4.90 Å². The van der Waals surface area contributed by atoms with E-state index in [1.165, 1.54) is 12.3 Å². The number of halogens is 1. The van der Waals surface area contributed by atoms with Crippen molar-refractivity contribution in [2.75, 3.05) is 12.0 Å². The van der Waals surface area contributed by atoms with Crippen molar-refractivity contribution in [1.82, 2.24) is 9.29 Å². The molecule has 1 unspecified atom stereocenters. The van der Waals surface area contributed by atoms with Crippen LogP contribution in [0, 0.1) is 0 Å². The Hall–Kier alpha value is -0.700. The number of anilines is 1. The summed E-state index contributed by atoms with van der Waals surface area (Å²) in [6.07, 6.45) is 5.41. The number of nitrogens with two attached hydrogens (primary N) is 1. The van der Waals surface area contributed by atoms with Crippen LogP contribution in [0.1, 0.15) is 32.6 Å². The van der Waals surface area contributed by atoms with Crippen molar-refractivity contribution < 1.29 is 8.42 Å². The Balaban J connectivity index is 2.45. The third kappa shape index (κ3) is 3.13. The first kappa shape index (κ1) is 15.7. The van der Waals surface area contributed by atoms with Crippen molar-refractivity contribution in [3.63, 3.8) is 0 Å². The van der Waals surface area contributed by atoms with E-state index in [1.807, 2.05) is 6.92 Å². The minimum Gasteiger partial charge on any atom is -0.307 e. The monoisotopic (exact) mass is 362 g/mol. The number of hydrogen-bond acceptors (Lipinski definition) is 5. The van der Waals surface area contributed by atoms with Crippen LogP contribution >= 0.6 is 15.9 Å². The molecule has 0 radical (unpaired) electrons. The maximum absolute atomic E-state index is 12.9. The largest absolute Gasteiger partial charge is 0.307 e. The first-order chi connectivity index (χ1) is 9.46. The van der Waals surface area contributed by atoms with E-state index in [0.29, 0.717) is 11.0 Å². The summed E-state index contributed by atoms with van der Waals surface area (Å²) in [5.74, 6) is 5.55. The lowest BCUT2D eigenvalue weighted by Gasteiger charge is -2.26. The molecule has 2 heterocycles. The number of rotatable bonds is 3. The highest BCUT2D eigenvalue weighted by atomic mass is 79.9. The third-order valence-electron chi connectivity index (χ3n) is 3.53. The Morgan fingerprint density at radius 2 is 2.20 bits per heavy atom. The van der Waals surface area contributed by atoms with E-state index in [0.717, 1.165) is 25.7 Å². The van der Waals surface area contributed by atoms with Crippen molar-refractivity contribution in [2.24, 2.45) is 5.84 Å². The minimum absolute atomic E-state index is 0.00731. The number of hydrazine groups is 1. The molecule has 1 aliphatic rings. The van der Waals surface area contributed by atoms with Gasteiger partial charge in [-0.3, -0.25) is 0 Å². The fraction of sp³-hybridized carbons (Fsp3) is 0.583. The molecule has 1 aliphatic heterocycles. The molecule has 3 N–H and O–H groups in total. The van der Waals surface area contributed by atoms with E-state index >= 15 is 0 Å². The van der Waals surface area contributed by atoms with Crippen LogP contribution in [0.15, 0.2) is 21.6 Å². The van der Waals surface area contributed by atoms with Gasteiger partial charge in [0.15, 0.2) is 5.82 Å². The molecule has 112 valence electrons. The van der Waals surface area contributed by atoms with Gasteiger partial charge in [0.25, 0.3) is 0 Å². The number of aromatic nitrogens is 1. The summed E-state index contributed by atoms with van der Waals surface area (Å²) in [4.78, 5) is 4.13. The van der Waals surface area contributed by atoms with E-state index < -0.39 is 10.0 Å². The van der Waals surface area contributed by atoms with Crippen LogP contribution in [0.5, 0.6) is 0 Å². The first-order valence-corrected chi connectivity index (χ1v) is 8.84. The summed E-state index contributed by atoms with van der Waals surface area (Å²) in [5.41, 5.74) is 2.36. The van der Waals surface area contributed by atoms with Crippen LogP contribution in [-0.4, -0.2) is 30.3 Å². The molecule has 0 bridgehead atoms. The van der Waals surface area contributed by atoms with E-state index in [4.69, 9.17) is 5.84 Å². The SMILES string of the molecule is CC1CCCCCN1S(=O)(=O)c1cc(Br)cnc1NN. The lowest BCUT2D eigenvalue weighted by molar-refractivity contribution is 0.342. The van der Waals surface area contributed by atoms with Gasteiger partial charge >= 0.3 is 0 Å². The molecule has 6 nitrogen and oxygen atoms in total. The molecule has 1 aromatic rings. The van der Waals surface area contributed by atoms with Gasteiger partial charge in [0.2, 0.25) is 10.0 Å². The van der Waals surface area contributed by atoms with Gasteiger partial charge in [-0.15, -0.1) is 0 Å². The molecule has 0 saturated carbocycles. The van der Waals surface area contributed by atoms with Crippen LogP contribution in [0.2, 0.25) is 0 Å². The number of nitrogen functional groups attached to an aromatic ring is 1. The molecule has 1 aromatic heterocycles. The third-order valence-corrected chi connectivity index (χ3v) is 6.00. The topological polar surface area (TPSA) is 88.3 Å². The van der Waals surface area contributed by atoms with Crippen LogP contribution in [0.4, 0.5) is 5.82 Å². The van der Waals surface area contributed by atoms with E-state index in [1.54, 1.807) is 4.31 Å². The summed E-state index contributed by atoms with van der Waals surface area (Å²) in [6, 6.07) is 1.53. The summed E-state index contributed by atoms with van der Waals surface area (Å²) < 4.78 is 27.9. The molecule has 8 heteroatoms. The normalized spacial score (nSPS) is 21.4. The second kappa shape index (κ2) is 6.38. The minimum atomic E-state index is -3.60. The van der Waals surface area contributed by atoms with Crippen LogP contribution in [0.3, 0.4) is 0 Å². The fourth-order valence-corrected chi connectivity index (χ4v) is 4.77. The smallest absolute Gasteiger partial charge is 0.247 e. The zero-order chi connectivity index (χ0) is 14.8. The Bertz CT molecular complexity index is 579. The van der Waals surface area contributed by atoms with Gasteiger partial charge in [-0.25, -0.2) is 19.2 Å². The lowest BCUT2D eigenvalue weighted by atomic mass is 10.1. The fourth-order valence-electron chi connectivity index (χ4n) is 2.46. The van der Waals surface area contributed by atoms with Gasteiger partial charge in [0.05, 0.1) is 0 Å². The zero-order valence-electron chi connectivity index (χ0n) is 11.3. The highest BCUT2D eigenvalue weighted by Gasteiger charge is 2.32. The molecule has 1 atom stereocenters. The van der Waals surface area contributed by atoms with Crippen molar-refractivity contribution >= 4 is 31.8 Å². The van der Waals surface area contributed by atoms with Crippen molar-refractivity contribution in [1.29, 1.82) is 0 Å². The molecular weight excluding hydrogens is 344 g/mol. The number of sulfonamides is 1. The van der Waals surface area contributed by atoms with Gasteiger partial charge in [-0.1, -0.05) is 12.8 Å². The van der Waals surface area contributed by atoms with Gasteiger partial charge in [0, 0.05) is 23.3 Å². The first-order valence-electron chi connectivity index (χ1n) is 6.61. The van der Waals surface area contributed by atoms with Crippen LogP contribution in [-0.2, 0) is 10.0 Å². The highest BCUT2D eigenvalue weighted by Crippen LogP contribution is 2.29. The Labute approximate surface area is 127 Å². The molecule has 1 saturated heterocycles. The number of nitrogens with zero attached hydrogens (tertiary/aromatic N) is 2. The Kier molecular flexibility index (Phi) is 5.00. The molecule has 2 rings (SSSR count). The summed E-state index contributed by atoms with van der Waals surface area (Å²) in [6.45, 7) is 2.49. The van der Waals surface area contributed by atoms with Crippen molar-refractivity contribution in [2.45, 2.75) is 43.5 Å². The van der Waals surface area contributed by atoms with Crippen molar-refractivity contribution in [3.8, 4) is 0 Å². The summed E-state index contributed by atoms with van der Waals surface area (Å²) in [5, 5.41) is 0. The highest BCUT2D eigenvalue weighted by molar-refractivity contribution is 9.10. The molecule has 0 amide bonds. The maximum atomic E-state index is 12.9. The maximum Gasteiger partial charge on any atom is 0.247 e. The standard InChI is InChI=1S/C12H19BrN4O2S/c1-9-5-3-2-4-6-17(9)20(18,19)11-7-10(13)8-15-12(11)16-14/h7-9H,2-6,14H2,1H3,(H,15,16). The molecule has 0 aromatic carbocycles. The average molecular weight is 363 g/mol. The Morgan fingerprint density at radius 3 is 2.90 bits per heavy atom. The predicted molar refractivity (Wildman–Crippen MR) is 81.6 cm³/mol. The summed E-state index contributed by atoms with van der Waals surface area (Å²) in [7, 11) is -3.60. The van der Waals surface area contributed by atoms with E-state index in [-0.39, 0.29) is 16.8 Å². The van der Waals surface area contributed by atoms with Crippen LogP contribution in [0.25, 0.3) is 0 Å². The van der Waals surface area contributed by atoms with Gasteiger partial charge < -0.3 is 5.43 Å². The number of hydrogen-bond donors (Lipinski definition) is 2.